The molecule has 0 aliphatic rings. The molecule has 0 radical (unpaired) electrons. The molecule has 4 rings (SSSR count). The summed E-state index contributed by atoms with van der Waals surface area (Å²) in [6.07, 6.45) is -1.77. The van der Waals surface area contributed by atoms with Crippen molar-refractivity contribution < 1.29 is 35.5 Å². The van der Waals surface area contributed by atoms with Crippen LogP contribution in [0.5, 0.6) is 0 Å². The van der Waals surface area contributed by atoms with Crippen LogP contribution in [0.4, 0.5) is 13.2 Å². The molecule has 0 fully saturated rings. The van der Waals surface area contributed by atoms with Crippen LogP contribution in [0, 0.1) is 0 Å². The number of alkyl halides is 3. The zero-order valence-electron chi connectivity index (χ0n) is 21.3. The highest BCUT2D eigenvalue weighted by atomic mass is 35.5. The monoisotopic (exact) mass is 595 g/mol. The third-order valence-corrected chi connectivity index (χ3v) is 7.97. The lowest BCUT2D eigenvalue weighted by molar-refractivity contribution is -0.137. The van der Waals surface area contributed by atoms with Gasteiger partial charge in [-0.05, 0) is 48.0 Å². The van der Waals surface area contributed by atoms with Gasteiger partial charge in [0.05, 0.1) is 49.2 Å². The summed E-state index contributed by atoms with van der Waals surface area (Å²) in [7, 11) is -2.51. The van der Waals surface area contributed by atoms with Gasteiger partial charge in [-0.2, -0.15) is 13.2 Å². The second-order valence-electron chi connectivity index (χ2n) is 8.84. The first-order valence-corrected chi connectivity index (χ1v) is 14.0. The van der Waals surface area contributed by atoms with Gasteiger partial charge in [0.25, 0.3) is 5.91 Å². The van der Waals surface area contributed by atoms with Gasteiger partial charge in [0.15, 0.2) is 0 Å². The fourth-order valence-corrected chi connectivity index (χ4v) is 5.87. The van der Waals surface area contributed by atoms with E-state index in [1.807, 2.05) is 0 Å². The van der Waals surface area contributed by atoms with Crippen molar-refractivity contribution in [1.82, 2.24) is 14.5 Å². The number of nitrogens with zero attached hydrogens (tertiary/aromatic N) is 3. The number of furan rings is 1. The van der Waals surface area contributed by atoms with Crippen LogP contribution in [0.2, 0.25) is 5.02 Å². The Balaban J connectivity index is 1.68. The Morgan fingerprint density at radius 2 is 1.80 bits per heavy atom. The summed E-state index contributed by atoms with van der Waals surface area (Å²) in [6, 6.07) is 13.7. The molecule has 0 N–H and O–H groups in total. The van der Waals surface area contributed by atoms with E-state index in [9.17, 15) is 26.4 Å². The van der Waals surface area contributed by atoms with Gasteiger partial charge in [-0.3, -0.25) is 4.79 Å². The maximum absolute atomic E-state index is 13.5. The summed E-state index contributed by atoms with van der Waals surface area (Å²) < 4.78 is 77.9. The van der Waals surface area contributed by atoms with Crippen molar-refractivity contribution in [3.05, 3.63) is 106 Å². The lowest BCUT2D eigenvalue weighted by atomic mass is 10.1. The van der Waals surface area contributed by atoms with E-state index in [0.29, 0.717) is 22.0 Å². The fourth-order valence-electron chi connectivity index (χ4n) is 4.04. The maximum atomic E-state index is 13.5. The molecule has 8 nitrogen and oxygen atoms in total. The van der Waals surface area contributed by atoms with E-state index in [2.05, 4.69) is 4.98 Å². The molecule has 2 aromatic carbocycles. The molecule has 0 bridgehead atoms. The van der Waals surface area contributed by atoms with Crippen LogP contribution < -0.4 is 0 Å². The van der Waals surface area contributed by atoms with Crippen molar-refractivity contribution in [2.45, 2.75) is 36.7 Å². The third kappa shape index (κ3) is 6.93. The number of methoxy groups -OCH3 is 1. The lowest BCUT2D eigenvalue weighted by Gasteiger charge is -2.23. The molecule has 0 saturated carbocycles. The average Bonchev–Trinajstić information content (AvgIpc) is 3.58. The van der Waals surface area contributed by atoms with Gasteiger partial charge in [0, 0.05) is 24.2 Å². The number of hydrogen-bond donors (Lipinski definition) is 0. The van der Waals surface area contributed by atoms with E-state index in [4.69, 9.17) is 20.8 Å². The minimum Gasteiger partial charge on any atom is -0.467 e. The van der Waals surface area contributed by atoms with Crippen molar-refractivity contribution in [1.29, 1.82) is 0 Å². The second kappa shape index (κ2) is 12.3. The van der Waals surface area contributed by atoms with Crippen molar-refractivity contribution in [2.75, 3.05) is 13.7 Å². The van der Waals surface area contributed by atoms with Crippen LogP contribution in [0.25, 0.3) is 0 Å². The van der Waals surface area contributed by atoms with E-state index >= 15 is 0 Å². The molecule has 212 valence electrons. The Labute approximate surface area is 233 Å². The van der Waals surface area contributed by atoms with Crippen molar-refractivity contribution in [2.24, 2.45) is 0 Å². The molecule has 1 amide bonds. The fraction of sp³-hybridized carbons (Fsp3) is 0.259. The number of imidazole rings is 1. The predicted molar refractivity (Wildman–Crippen MR) is 140 cm³/mol. The minimum atomic E-state index is -4.55. The summed E-state index contributed by atoms with van der Waals surface area (Å²) in [6.45, 7) is 0.137. The molecule has 2 heterocycles. The normalized spacial score (nSPS) is 12.0. The van der Waals surface area contributed by atoms with E-state index in [1.54, 1.807) is 36.4 Å². The van der Waals surface area contributed by atoms with E-state index < -0.39 is 33.2 Å². The average molecular weight is 596 g/mol. The lowest BCUT2D eigenvalue weighted by Crippen LogP contribution is -2.31. The molecule has 0 saturated heterocycles. The highest BCUT2D eigenvalue weighted by Crippen LogP contribution is 2.29. The number of sulfone groups is 1. The van der Waals surface area contributed by atoms with E-state index in [1.165, 1.54) is 29.0 Å². The van der Waals surface area contributed by atoms with Crippen LogP contribution in [0.3, 0.4) is 0 Å². The van der Waals surface area contributed by atoms with Crippen LogP contribution in [0.1, 0.15) is 32.9 Å². The van der Waals surface area contributed by atoms with Gasteiger partial charge >= 0.3 is 6.18 Å². The topological polar surface area (TPSA) is 94.6 Å². The van der Waals surface area contributed by atoms with Gasteiger partial charge in [-0.25, -0.2) is 13.4 Å². The number of rotatable bonds is 11. The number of carbonyl (C=O) groups is 1. The Morgan fingerprint density at radius 3 is 2.42 bits per heavy atom. The Kier molecular flexibility index (Phi) is 9.02. The first-order chi connectivity index (χ1) is 19.0. The Hall–Kier alpha value is -3.61. The number of aromatic nitrogens is 2. The number of halogens is 4. The Bertz CT molecular complexity index is 1550. The molecule has 2 aromatic heterocycles. The van der Waals surface area contributed by atoms with Crippen molar-refractivity contribution in [3.8, 4) is 0 Å². The number of hydrogen-bond acceptors (Lipinski definition) is 6. The zero-order valence-corrected chi connectivity index (χ0v) is 22.8. The molecule has 4 aromatic rings. The minimum absolute atomic E-state index is 0.0223. The summed E-state index contributed by atoms with van der Waals surface area (Å²) in [5.74, 6) is -0.545. The molecule has 0 spiro atoms. The van der Waals surface area contributed by atoms with Crippen LogP contribution in [-0.4, -0.2) is 42.5 Å². The summed E-state index contributed by atoms with van der Waals surface area (Å²) in [4.78, 5) is 19.0. The SMILES string of the molecule is COCCn1c(CN(Cc2ccco2)C(=O)c2ccc(C(F)(F)F)cc2)cnc1S(=O)(=O)Cc1ccccc1Cl. The van der Waals surface area contributed by atoms with Gasteiger partial charge in [0.2, 0.25) is 15.0 Å². The first-order valence-electron chi connectivity index (χ1n) is 12.0. The molecule has 0 aliphatic heterocycles. The molecule has 0 atom stereocenters. The molecule has 0 unspecified atom stereocenters. The van der Waals surface area contributed by atoms with Crippen molar-refractivity contribution in [3.63, 3.8) is 0 Å². The third-order valence-electron chi connectivity index (χ3n) is 6.03. The van der Waals surface area contributed by atoms with E-state index in [-0.39, 0.29) is 37.0 Å². The Morgan fingerprint density at radius 1 is 1.07 bits per heavy atom. The standard InChI is InChI=1S/C27H25ClF3N3O5S/c1-38-14-12-34-22(15-32-26(34)40(36,37)18-20-5-2-3-7-24(20)28)16-33(17-23-6-4-13-39-23)25(35)19-8-10-21(11-9-19)27(29,30)31/h2-11,13,15H,12,14,16-18H2,1H3. The molecule has 40 heavy (non-hydrogen) atoms. The van der Waals surface area contributed by atoms with Gasteiger partial charge in [-0.15, -0.1) is 0 Å². The maximum Gasteiger partial charge on any atom is 0.416 e. The highest BCUT2D eigenvalue weighted by molar-refractivity contribution is 7.90. The van der Waals surface area contributed by atoms with Gasteiger partial charge in [0.1, 0.15) is 5.76 Å². The van der Waals surface area contributed by atoms with E-state index in [0.717, 1.165) is 24.3 Å². The molecular formula is C27H25ClF3N3O5S. The summed E-state index contributed by atoms with van der Waals surface area (Å²) in [5, 5.41) is 0.0763. The molecular weight excluding hydrogens is 571 g/mol. The second-order valence-corrected chi connectivity index (χ2v) is 11.1. The van der Waals surface area contributed by atoms with Crippen LogP contribution in [0.15, 0.2) is 82.7 Å². The van der Waals surface area contributed by atoms with Gasteiger partial charge < -0.3 is 18.6 Å². The van der Waals surface area contributed by atoms with Crippen LogP contribution >= 0.6 is 11.6 Å². The molecule has 13 heteroatoms. The first kappa shape index (κ1) is 29.4. The van der Waals surface area contributed by atoms with Crippen LogP contribution in [-0.2, 0) is 46.1 Å². The van der Waals surface area contributed by atoms with Crippen molar-refractivity contribution >= 4 is 27.3 Å². The summed E-state index contributed by atoms with van der Waals surface area (Å²) >= 11 is 6.18. The largest absolute Gasteiger partial charge is 0.467 e. The molecule has 0 aliphatic carbocycles. The number of ether oxygens (including phenoxy) is 1. The van der Waals surface area contributed by atoms with Gasteiger partial charge in [-0.1, -0.05) is 29.8 Å². The number of carbonyl (C=O) groups excluding carboxylic acids is 1. The predicted octanol–water partition coefficient (Wildman–Crippen LogP) is 5.61. The number of benzene rings is 2. The zero-order chi connectivity index (χ0) is 28.9. The highest BCUT2D eigenvalue weighted by Gasteiger charge is 2.31. The number of amides is 1. The quantitative estimate of drug-likeness (QED) is 0.224. The smallest absolute Gasteiger partial charge is 0.416 e. The summed E-state index contributed by atoms with van der Waals surface area (Å²) in [5.41, 5.74) is -0.0766.